The molecule has 1 aromatic carbocycles. The highest BCUT2D eigenvalue weighted by Gasteiger charge is 2.10. The van der Waals surface area contributed by atoms with Gasteiger partial charge in [0.1, 0.15) is 5.82 Å². The molecule has 122 valence electrons. The fourth-order valence-electron chi connectivity index (χ4n) is 2.53. The molecule has 1 amide bonds. The Labute approximate surface area is 131 Å². The zero-order chi connectivity index (χ0) is 15.6. The first-order valence-electron chi connectivity index (χ1n) is 8.05. The van der Waals surface area contributed by atoms with Gasteiger partial charge in [-0.15, -0.1) is 0 Å². The summed E-state index contributed by atoms with van der Waals surface area (Å²) in [6, 6.07) is 6.57. The molecule has 0 aliphatic carbocycles. The van der Waals surface area contributed by atoms with Gasteiger partial charge in [0.25, 0.3) is 0 Å². The first-order valence-corrected chi connectivity index (χ1v) is 8.05. The van der Waals surface area contributed by atoms with Crippen molar-refractivity contribution >= 4 is 5.91 Å². The van der Waals surface area contributed by atoms with E-state index in [1.54, 1.807) is 12.1 Å². The van der Waals surface area contributed by atoms with Gasteiger partial charge >= 0.3 is 0 Å². The van der Waals surface area contributed by atoms with Crippen LogP contribution in [0.4, 0.5) is 4.39 Å². The maximum atomic E-state index is 12.8. The maximum absolute atomic E-state index is 12.8. The van der Waals surface area contributed by atoms with Crippen molar-refractivity contribution in [2.75, 3.05) is 39.4 Å². The maximum Gasteiger partial charge on any atom is 0.220 e. The fourth-order valence-corrected chi connectivity index (χ4v) is 2.53. The molecule has 0 radical (unpaired) electrons. The lowest BCUT2D eigenvalue weighted by atomic mass is 10.1. The highest BCUT2D eigenvalue weighted by molar-refractivity contribution is 5.75. The summed E-state index contributed by atoms with van der Waals surface area (Å²) in [6.45, 7) is 5.08. The van der Waals surface area contributed by atoms with Gasteiger partial charge in [-0.1, -0.05) is 12.1 Å². The molecule has 1 aliphatic heterocycles. The van der Waals surface area contributed by atoms with Gasteiger partial charge in [-0.25, -0.2) is 4.39 Å². The summed E-state index contributed by atoms with van der Waals surface area (Å²) in [5.74, 6) is -0.0873. The number of hydrogen-bond donors (Lipinski definition) is 1. The molecule has 0 spiro atoms. The number of ether oxygens (including phenoxy) is 1. The van der Waals surface area contributed by atoms with E-state index in [9.17, 15) is 9.18 Å². The molecule has 0 saturated carbocycles. The predicted molar refractivity (Wildman–Crippen MR) is 84.2 cm³/mol. The van der Waals surface area contributed by atoms with Crippen molar-refractivity contribution < 1.29 is 13.9 Å². The molecule has 1 N–H and O–H groups in total. The molecule has 0 unspecified atom stereocenters. The highest BCUT2D eigenvalue weighted by atomic mass is 19.1. The van der Waals surface area contributed by atoms with Crippen molar-refractivity contribution in [2.45, 2.75) is 25.7 Å². The van der Waals surface area contributed by atoms with Gasteiger partial charge in [-0.05, 0) is 37.0 Å². The molecule has 0 bridgehead atoms. The number of carbonyl (C=O) groups excluding carboxylic acids is 1. The number of unbranched alkanes of at least 4 members (excludes halogenated alkanes) is 1. The molecule has 2 rings (SSSR count). The fraction of sp³-hybridized carbons (Fsp3) is 0.588. The average molecular weight is 308 g/mol. The van der Waals surface area contributed by atoms with E-state index >= 15 is 0 Å². The van der Waals surface area contributed by atoms with Crippen molar-refractivity contribution in [2.24, 2.45) is 0 Å². The van der Waals surface area contributed by atoms with Gasteiger partial charge in [0.2, 0.25) is 5.91 Å². The molecular formula is C17H25FN2O2. The van der Waals surface area contributed by atoms with E-state index in [4.69, 9.17) is 4.74 Å². The van der Waals surface area contributed by atoms with E-state index in [1.165, 1.54) is 12.1 Å². The van der Waals surface area contributed by atoms with Crippen LogP contribution >= 0.6 is 0 Å². The summed E-state index contributed by atoms with van der Waals surface area (Å²) >= 11 is 0. The number of aryl methyl sites for hydroxylation is 1. The van der Waals surface area contributed by atoms with Gasteiger partial charge in [0.15, 0.2) is 0 Å². The van der Waals surface area contributed by atoms with Crippen LogP contribution in [0.25, 0.3) is 0 Å². The first kappa shape index (κ1) is 16.9. The number of rotatable bonds is 8. The molecule has 1 aromatic rings. The topological polar surface area (TPSA) is 41.6 Å². The third-order valence-electron chi connectivity index (χ3n) is 3.89. The second kappa shape index (κ2) is 9.54. The highest BCUT2D eigenvalue weighted by Crippen LogP contribution is 2.08. The van der Waals surface area contributed by atoms with Crippen molar-refractivity contribution in [1.82, 2.24) is 10.2 Å². The zero-order valence-electron chi connectivity index (χ0n) is 13.0. The number of amides is 1. The van der Waals surface area contributed by atoms with Gasteiger partial charge < -0.3 is 10.1 Å². The van der Waals surface area contributed by atoms with Crippen LogP contribution < -0.4 is 5.32 Å². The van der Waals surface area contributed by atoms with Crippen LogP contribution in [0.15, 0.2) is 24.3 Å². The van der Waals surface area contributed by atoms with E-state index < -0.39 is 0 Å². The van der Waals surface area contributed by atoms with Crippen molar-refractivity contribution in [3.05, 3.63) is 35.6 Å². The Morgan fingerprint density at radius 2 is 1.91 bits per heavy atom. The number of carbonyl (C=O) groups is 1. The number of halogens is 1. The molecule has 0 atom stereocenters. The van der Waals surface area contributed by atoms with Crippen LogP contribution in [-0.4, -0.2) is 50.2 Å². The summed E-state index contributed by atoms with van der Waals surface area (Å²) in [5.41, 5.74) is 1.12. The largest absolute Gasteiger partial charge is 0.379 e. The number of hydrogen-bond acceptors (Lipinski definition) is 3. The van der Waals surface area contributed by atoms with E-state index in [2.05, 4.69) is 10.2 Å². The molecule has 1 aliphatic rings. The molecule has 22 heavy (non-hydrogen) atoms. The lowest BCUT2D eigenvalue weighted by Gasteiger charge is -2.26. The van der Waals surface area contributed by atoms with Gasteiger partial charge in [-0.3, -0.25) is 9.69 Å². The van der Waals surface area contributed by atoms with Crippen molar-refractivity contribution in [3.8, 4) is 0 Å². The lowest BCUT2D eigenvalue weighted by Crippen LogP contribution is -2.41. The Morgan fingerprint density at radius 1 is 1.18 bits per heavy atom. The second-order valence-corrected chi connectivity index (χ2v) is 5.64. The van der Waals surface area contributed by atoms with Gasteiger partial charge in [0, 0.05) is 32.6 Å². The van der Waals surface area contributed by atoms with Crippen LogP contribution in [0.3, 0.4) is 0 Å². The quantitative estimate of drug-likeness (QED) is 0.747. The van der Waals surface area contributed by atoms with E-state index in [-0.39, 0.29) is 11.7 Å². The Bertz CT molecular complexity index is 444. The Kier molecular flexibility index (Phi) is 7.33. The Hall–Kier alpha value is -1.46. The van der Waals surface area contributed by atoms with Gasteiger partial charge in [-0.2, -0.15) is 0 Å². The number of nitrogens with zero attached hydrogens (tertiary/aromatic N) is 1. The predicted octanol–water partition coefficient (Wildman–Crippen LogP) is 1.99. The SMILES string of the molecule is O=C(CCCCc1ccc(F)cc1)NCCN1CCOCC1. The standard InChI is InChI=1S/C17H25FN2O2/c18-16-7-5-15(6-8-16)3-1-2-4-17(21)19-9-10-20-11-13-22-14-12-20/h5-8H,1-4,9-14H2,(H,19,21). The minimum absolute atomic E-state index is 0.118. The average Bonchev–Trinajstić information content (AvgIpc) is 2.54. The molecule has 1 fully saturated rings. The zero-order valence-corrected chi connectivity index (χ0v) is 13.0. The minimum Gasteiger partial charge on any atom is -0.379 e. The second-order valence-electron chi connectivity index (χ2n) is 5.64. The third-order valence-corrected chi connectivity index (χ3v) is 3.89. The molecular weight excluding hydrogens is 283 g/mol. The summed E-state index contributed by atoms with van der Waals surface area (Å²) in [5, 5.41) is 2.97. The number of nitrogens with one attached hydrogen (secondary N) is 1. The van der Waals surface area contributed by atoms with Crippen LogP contribution in [0.1, 0.15) is 24.8 Å². The van der Waals surface area contributed by atoms with Crippen LogP contribution in [0.5, 0.6) is 0 Å². The monoisotopic (exact) mass is 308 g/mol. The molecule has 0 aromatic heterocycles. The number of morpholine rings is 1. The first-order chi connectivity index (χ1) is 10.7. The summed E-state index contributed by atoms with van der Waals surface area (Å²) in [4.78, 5) is 14.0. The van der Waals surface area contributed by atoms with E-state index in [0.29, 0.717) is 13.0 Å². The normalized spacial score (nSPS) is 15.7. The Balaban J connectivity index is 1.49. The van der Waals surface area contributed by atoms with Crippen LogP contribution in [0, 0.1) is 5.82 Å². The van der Waals surface area contributed by atoms with E-state index in [1.807, 2.05) is 0 Å². The molecule has 5 heteroatoms. The van der Waals surface area contributed by atoms with Crippen LogP contribution in [-0.2, 0) is 16.0 Å². The molecule has 1 saturated heterocycles. The molecule has 4 nitrogen and oxygen atoms in total. The summed E-state index contributed by atoms with van der Waals surface area (Å²) in [6.07, 6.45) is 3.26. The number of benzene rings is 1. The van der Waals surface area contributed by atoms with E-state index in [0.717, 1.165) is 57.7 Å². The summed E-state index contributed by atoms with van der Waals surface area (Å²) < 4.78 is 18.1. The Morgan fingerprint density at radius 3 is 2.64 bits per heavy atom. The van der Waals surface area contributed by atoms with Gasteiger partial charge in [0.05, 0.1) is 13.2 Å². The summed E-state index contributed by atoms with van der Waals surface area (Å²) in [7, 11) is 0. The smallest absolute Gasteiger partial charge is 0.220 e. The lowest BCUT2D eigenvalue weighted by molar-refractivity contribution is -0.121. The third kappa shape index (κ3) is 6.54. The minimum atomic E-state index is -0.205. The van der Waals surface area contributed by atoms with Crippen molar-refractivity contribution in [3.63, 3.8) is 0 Å². The van der Waals surface area contributed by atoms with Crippen LogP contribution in [0.2, 0.25) is 0 Å². The molecule has 1 heterocycles. The van der Waals surface area contributed by atoms with Crippen molar-refractivity contribution in [1.29, 1.82) is 0 Å².